The first-order chi connectivity index (χ1) is 10.6. The Kier molecular flexibility index (Phi) is 3.65. The number of hydrogen-bond donors (Lipinski definition) is 2. The molecule has 0 aliphatic carbocycles. The second-order valence-corrected chi connectivity index (χ2v) is 4.83. The van der Waals surface area contributed by atoms with E-state index < -0.39 is 0 Å². The Balaban J connectivity index is 1.72. The summed E-state index contributed by atoms with van der Waals surface area (Å²) in [6.07, 6.45) is 0. The van der Waals surface area contributed by atoms with E-state index in [2.05, 4.69) is 10.5 Å². The van der Waals surface area contributed by atoms with E-state index in [1.165, 1.54) is 0 Å². The minimum Gasteiger partial charge on any atom is -0.454 e. The van der Waals surface area contributed by atoms with E-state index in [9.17, 15) is 4.79 Å². The van der Waals surface area contributed by atoms with Gasteiger partial charge >= 0.3 is 0 Å². The van der Waals surface area contributed by atoms with E-state index in [1.54, 1.807) is 31.2 Å². The van der Waals surface area contributed by atoms with Crippen LogP contribution < -0.4 is 20.6 Å². The van der Waals surface area contributed by atoms with Crippen molar-refractivity contribution in [3.8, 4) is 11.5 Å². The van der Waals surface area contributed by atoms with Gasteiger partial charge in [0.25, 0.3) is 5.91 Å². The number of carbonyl (C=O) groups excluding carboxylic acids is 1. The Morgan fingerprint density at radius 2 is 1.77 bits per heavy atom. The molecule has 0 spiro atoms. The highest BCUT2D eigenvalue weighted by Gasteiger charge is 2.14. The van der Waals surface area contributed by atoms with Crippen molar-refractivity contribution in [2.24, 2.45) is 5.10 Å². The fraction of sp³-hybridized carbons (Fsp3) is 0.125. The van der Waals surface area contributed by atoms with Gasteiger partial charge in [-0.25, -0.2) is 5.43 Å². The normalized spacial score (nSPS) is 13.0. The van der Waals surface area contributed by atoms with Crippen LogP contribution in [0.4, 0.5) is 5.69 Å². The summed E-state index contributed by atoms with van der Waals surface area (Å²) in [5, 5.41) is 4.11. The number of nitrogens with zero attached hydrogens (tertiary/aromatic N) is 1. The average Bonchev–Trinajstić information content (AvgIpc) is 3.00. The third-order valence-electron chi connectivity index (χ3n) is 3.29. The number of fused-ring (bicyclic) bond motifs is 1. The molecule has 2 aromatic rings. The lowest BCUT2D eigenvalue weighted by atomic mass is 10.1. The van der Waals surface area contributed by atoms with Crippen molar-refractivity contribution in [1.29, 1.82) is 0 Å². The zero-order valence-electron chi connectivity index (χ0n) is 12.0. The third-order valence-corrected chi connectivity index (χ3v) is 3.29. The second kappa shape index (κ2) is 5.77. The van der Waals surface area contributed by atoms with Crippen molar-refractivity contribution in [2.45, 2.75) is 6.92 Å². The van der Waals surface area contributed by atoms with E-state index in [-0.39, 0.29) is 12.7 Å². The van der Waals surface area contributed by atoms with Gasteiger partial charge in [0, 0.05) is 16.8 Å². The molecule has 2 aromatic carbocycles. The molecule has 0 saturated heterocycles. The van der Waals surface area contributed by atoms with Crippen molar-refractivity contribution in [1.82, 2.24) is 5.43 Å². The van der Waals surface area contributed by atoms with Crippen molar-refractivity contribution in [3.05, 3.63) is 53.6 Å². The Morgan fingerprint density at radius 3 is 2.55 bits per heavy atom. The van der Waals surface area contributed by atoms with Gasteiger partial charge in [-0.2, -0.15) is 5.10 Å². The Bertz CT molecular complexity index is 739. The van der Waals surface area contributed by atoms with Gasteiger partial charge in [-0.1, -0.05) is 0 Å². The lowest BCUT2D eigenvalue weighted by Crippen LogP contribution is -2.19. The number of carbonyl (C=O) groups is 1. The number of nitrogens with one attached hydrogen (secondary N) is 1. The van der Waals surface area contributed by atoms with Crippen LogP contribution in [0, 0.1) is 0 Å². The van der Waals surface area contributed by atoms with Crippen LogP contribution in [0.15, 0.2) is 47.6 Å². The molecule has 0 fully saturated rings. The number of rotatable bonds is 3. The molecule has 0 bridgehead atoms. The van der Waals surface area contributed by atoms with Crippen LogP contribution in [-0.4, -0.2) is 18.4 Å². The minimum absolute atomic E-state index is 0.225. The third kappa shape index (κ3) is 2.85. The standard InChI is InChI=1S/C16H15N3O3/c1-10(12-4-7-14-15(8-12)22-9-21-14)18-19-16(20)11-2-5-13(17)6-3-11/h2-8H,9,17H2,1H3,(H,19,20). The second-order valence-electron chi connectivity index (χ2n) is 4.83. The molecule has 6 nitrogen and oxygen atoms in total. The highest BCUT2D eigenvalue weighted by atomic mass is 16.7. The molecule has 1 aliphatic heterocycles. The number of ether oxygens (including phenoxy) is 2. The number of benzene rings is 2. The first-order valence-corrected chi connectivity index (χ1v) is 6.74. The number of hydrazone groups is 1. The van der Waals surface area contributed by atoms with Crippen molar-refractivity contribution >= 4 is 17.3 Å². The summed E-state index contributed by atoms with van der Waals surface area (Å²) in [6.45, 7) is 2.03. The predicted molar refractivity (Wildman–Crippen MR) is 83.1 cm³/mol. The van der Waals surface area contributed by atoms with Gasteiger partial charge in [0.05, 0.1) is 5.71 Å². The number of nitrogens with two attached hydrogens (primary N) is 1. The molecule has 0 unspecified atom stereocenters. The number of hydrogen-bond acceptors (Lipinski definition) is 5. The van der Waals surface area contributed by atoms with E-state index in [4.69, 9.17) is 15.2 Å². The van der Waals surface area contributed by atoms with Crippen LogP contribution in [0.25, 0.3) is 0 Å². The highest BCUT2D eigenvalue weighted by molar-refractivity contribution is 6.01. The summed E-state index contributed by atoms with van der Waals surface area (Å²) < 4.78 is 10.6. The number of anilines is 1. The molecule has 1 heterocycles. The van der Waals surface area contributed by atoms with Gasteiger partial charge in [0.15, 0.2) is 11.5 Å². The van der Waals surface area contributed by atoms with Gasteiger partial charge in [0.1, 0.15) is 0 Å². The van der Waals surface area contributed by atoms with Crippen LogP contribution in [0.2, 0.25) is 0 Å². The van der Waals surface area contributed by atoms with E-state index in [0.29, 0.717) is 28.5 Å². The Hall–Kier alpha value is -3.02. The van der Waals surface area contributed by atoms with E-state index in [0.717, 1.165) is 5.56 Å². The number of nitrogen functional groups attached to an aromatic ring is 1. The van der Waals surface area contributed by atoms with Crippen molar-refractivity contribution < 1.29 is 14.3 Å². The zero-order valence-corrected chi connectivity index (χ0v) is 12.0. The summed E-state index contributed by atoms with van der Waals surface area (Å²) >= 11 is 0. The average molecular weight is 297 g/mol. The number of amides is 1. The SMILES string of the molecule is CC(=NNC(=O)c1ccc(N)cc1)c1ccc2c(c1)OCO2. The molecule has 0 saturated carbocycles. The lowest BCUT2D eigenvalue weighted by molar-refractivity contribution is 0.0955. The molecule has 3 rings (SSSR count). The zero-order chi connectivity index (χ0) is 15.5. The topological polar surface area (TPSA) is 85.9 Å². The summed E-state index contributed by atoms with van der Waals surface area (Å²) in [6, 6.07) is 12.1. The summed E-state index contributed by atoms with van der Waals surface area (Å²) in [7, 11) is 0. The van der Waals surface area contributed by atoms with Gasteiger partial charge in [-0.05, 0) is 49.4 Å². The highest BCUT2D eigenvalue weighted by Crippen LogP contribution is 2.32. The van der Waals surface area contributed by atoms with E-state index >= 15 is 0 Å². The van der Waals surface area contributed by atoms with Crippen molar-refractivity contribution in [2.75, 3.05) is 12.5 Å². The largest absolute Gasteiger partial charge is 0.454 e. The maximum absolute atomic E-state index is 12.0. The molecule has 0 radical (unpaired) electrons. The van der Waals surface area contributed by atoms with Gasteiger partial charge in [-0.3, -0.25) is 4.79 Å². The first kappa shape index (κ1) is 13.9. The van der Waals surface area contributed by atoms with Gasteiger partial charge < -0.3 is 15.2 Å². The molecule has 112 valence electrons. The van der Waals surface area contributed by atoms with E-state index in [1.807, 2.05) is 18.2 Å². The molecule has 1 aliphatic rings. The monoisotopic (exact) mass is 297 g/mol. The minimum atomic E-state index is -0.292. The Morgan fingerprint density at radius 1 is 1.09 bits per heavy atom. The molecule has 0 atom stereocenters. The Labute approximate surface area is 127 Å². The smallest absolute Gasteiger partial charge is 0.271 e. The van der Waals surface area contributed by atoms with Crippen LogP contribution in [0.5, 0.6) is 11.5 Å². The van der Waals surface area contributed by atoms with Crippen LogP contribution in [-0.2, 0) is 0 Å². The fourth-order valence-corrected chi connectivity index (χ4v) is 2.02. The quantitative estimate of drug-likeness (QED) is 0.516. The summed E-state index contributed by atoms with van der Waals surface area (Å²) in [5.74, 6) is 1.10. The van der Waals surface area contributed by atoms with Crippen LogP contribution >= 0.6 is 0 Å². The van der Waals surface area contributed by atoms with Crippen LogP contribution in [0.1, 0.15) is 22.8 Å². The maximum Gasteiger partial charge on any atom is 0.271 e. The summed E-state index contributed by atoms with van der Waals surface area (Å²) in [5.41, 5.74) is 10.7. The van der Waals surface area contributed by atoms with Gasteiger partial charge in [0.2, 0.25) is 6.79 Å². The molecule has 0 aromatic heterocycles. The maximum atomic E-state index is 12.0. The molecule has 22 heavy (non-hydrogen) atoms. The molecule has 1 amide bonds. The predicted octanol–water partition coefficient (Wildman–Crippen LogP) is 2.15. The molecular weight excluding hydrogens is 282 g/mol. The summed E-state index contributed by atoms with van der Waals surface area (Å²) in [4.78, 5) is 12.0. The van der Waals surface area contributed by atoms with Crippen molar-refractivity contribution in [3.63, 3.8) is 0 Å². The molecule has 6 heteroatoms. The molecule has 3 N–H and O–H groups in total. The van der Waals surface area contributed by atoms with Crippen LogP contribution in [0.3, 0.4) is 0 Å². The lowest BCUT2D eigenvalue weighted by Gasteiger charge is -2.04. The van der Waals surface area contributed by atoms with Gasteiger partial charge in [-0.15, -0.1) is 0 Å². The fourth-order valence-electron chi connectivity index (χ4n) is 2.02. The molecular formula is C16H15N3O3. The first-order valence-electron chi connectivity index (χ1n) is 6.74.